The number of nitrogens with zero attached hydrogens (tertiary/aromatic N) is 2. The molecule has 1 heterocycles. The highest BCUT2D eigenvalue weighted by Crippen LogP contribution is 2.17. The Morgan fingerprint density at radius 3 is 2.28 bits per heavy atom. The maximum absolute atomic E-state index is 12.5. The Kier molecular flexibility index (Phi) is 7.41. The predicted molar refractivity (Wildman–Crippen MR) is 99.1 cm³/mol. The van der Waals surface area contributed by atoms with Gasteiger partial charge in [0.25, 0.3) is 0 Å². The number of Topliss-reactive ketones (excluding diaryl/α,β-unsaturated/α-hetero) is 1. The van der Waals surface area contributed by atoms with Crippen molar-refractivity contribution in [1.82, 2.24) is 9.80 Å². The van der Waals surface area contributed by atoms with Crippen LogP contribution in [0, 0.1) is 0 Å². The molecule has 0 aliphatic carbocycles. The second kappa shape index (κ2) is 9.32. The van der Waals surface area contributed by atoms with Crippen molar-refractivity contribution in [2.24, 2.45) is 0 Å². The molecule has 2 rings (SSSR count). The van der Waals surface area contributed by atoms with Crippen LogP contribution in [0.1, 0.15) is 37.0 Å². The summed E-state index contributed by atoms with van der Waals surface area (Å²) >= 11 is 5.83. The van der Waals surface area contributed by atoms with E-state index in [-0.39, 0.29) is 36.6 Å². The maximum atomic E-state index is 12.5. The molecule has 1 aliphatic heterocycles. The SMILES string of the molecule is COCCN1C(C)CN(C(=O)CCC(=O)c2ccc(Cl)cc2)CC1C. The topological polar surface area (TPSA) is 49.9 Å². The minimum atomic E-state index is -0.0233. The molecule has 0 radical (unpaired) electrons. The zero-order valence-corrected chi connectivity index (χ0v) is 16.0. The number of benzene rings is 1. The quantitative estimate of drug-likeness (QED) is 0.696. The average molecular weight is 367 g/mol. The van der Waals surface area contributed by atoms with E-state index in [4.69, 9.17) is 16.3 Å². The molecule has 1 fully saturated rings. The van der Waals surface area contributed by atoms with Gasteiger partial charge in [-0.05, 0) is 38.1 Å². The summed E-state index contributed by atoms with van der Waals surface area (Å²) in [7, 11) is 1.70. The maximum Gasteiger partial charge on any atom is 0.223 e. The van der Waals surface area contributed by atoms with Crippen LogP contribution in [0.25, 0.3) is 0 Å². The number of ketones is 1. The first-order valence-electron chi connectivity index (χ1n) is 8.73. The molecule has 0 spiro atoms. The van der Waals surface area contributed by atoms with Gasteiger partial charge in [0.15, 0.2) is 5.78 Å². The van der Waals surface area contributed by atoms with Crippen LogP contribution in [0.15, 0.2) is 24.3 Å². The van der Waals surface area contributed by atoms with Gasteiger partial charge in [0.2, 0.25) is 5.91 Å². The van der Waals surface area contributed by atoms with Crippen molar-refractivity contribution < 1.29 is 14.3 Å². The fraction of sp³-hybridized carbons (Fsp3) is 0.579. The van der Waals surface area contributed by atoms with Crippen LogP contribution >= 0.6 is 11.6 Å². The largest absolute Gasteiger partial charge is 0.383 e. The number of carbonyl (C=O) groups is 2. The van der Waals surface area contributed by atoms with Gasteiger partial charge >= 0.3 is 0 Å². The third-order valence-electron chi connectivity index (χ3n) is 4.74. The van der Waals surface area contributed by atoms with Crippen LogP contribution in [0.3, 0.4) is 0 Å². The molecule has 1 saturated heterocycles. The number of piperazine rings is 1. The van der Waals surface area contributed by atoms with Crippen molar-refractivity contribution >= 4 is 23.3 Å². The highest BCUT2D eigenvalue weighted by Gasteiger charge is 2.31. The number of ether oxygens (including phenoxy) is 1. The molecular weight excluding hydrogens is 340 g/mol. The van der Waals surface area contributed by atoms with Crippen molar-refractivity contribution in [2.45, 2.75) is 38.8 Å². The lowest BCUT2D eigenvalue weighted by Crippen LogP contribution is -2.58. The van der Waals surface area contributed by atoms with Crippen LogP contribution in [0.4, 0.5) is 0 Å². The number of amides is 1. The number of hydrogen-bond donors (Lipinski definition) is 0. The molecule has 138 valence electrons. The van der Waals surface area contributed by atoms with E-state index in [1.54, 1.807) is 31.4 Å². The molecule has 0 aromatic heterocycles. The molecule has 2 atom stereocenters. The summed E-state index contributed by atoms with van der Waals surface area (Å²) in [6, 6.07) is 7.37. The van der Waals surface area contributed by atoms with Crippen LogP contribution in [0.5, 0.6) is 0 Å². The third kappa shape index (κ3) is 5.53. The lowest BCUT2D eigenvalue weighted by Gasteiger charge is -2.44. The van der Waals surface area contributed by atoms with Crippen LogP contribution < -0.4 is 0 Å². The Bertz CT molecular complexity index is 579. The zero-order chi connectivity index (χ0) is 18.4. The molecule has 0 bridgehead atoms. The summed E-state index contributed by atoms with van der Waals surface area (Å²) in [6.07, 6.45) is 0.478. The average Bonchev–Trinajstić information content (AvgIpc) is 2.59. The van der Waals surface area contributed by atoms with Gasteiger partial charge in [0, 0.05) is 62.3 Å². The first kappa shape index (κ1) is 19.9. The fourth-order valence-electron chi connectivity index (χ4n) is 3.36. The number of hydrogen-bond acceptors (Lipinski definition) is 4. The number of methoxy groups -OCH3 is 1. The first-order valence-corrected chi connectivity index (χ1v) is 9.11. The monoisotopic (exact) mass is 366 g/mol. The summed E-state index contributed by atoms with van der Waals surface area (Å²) in [6.45, 7) is 7.22. The van der Waals surface area contributed by atoms with Gasteiger partial charge in [0.05, 0.1) is 6.61 Å². The Balaban J connectivity index is 1.85. The summed E-state index contributed by atoms with van der Waals surface area (Å²) in [5, 5.41) is 0.599. The van der Waals surface area contributed by atoms with Crippen molar-refractivity contribution in [3.8, 4) is 0 Å². The van der Waals surface area contributed by atoms with E-state index in [1.165, 1.54) is 0 Å². The molecule has 6 heteroatoms. The second-order valence-electron chi connectivity index (χ2n) is 6.66. The van der Waals surface area contributed by atoms with E-state index in [0.717, 1.165) is 6.54 Å². The van der Waals surface area contributed by atoms with E-state index in [9.17, 15) is 9.59 Å². The Morgan fingerprint density at radius 1 is 1.12 bits per heavy atom. The fourth-order valence-corrected chi connectivity index (χ4v) is 3.48. The molecule has 1 aliphatic rings. The van der Waals surface area contributed by atoms with Crippen LogP contribution in [-0.2, 0) is 9.53 Å². The number of carbonyl (C=O) groups excluding carboxylic acids is 2. The molecule has 1 aromatic rings. The molecule has 1 amide bonds. The second-order valence-corrected chi connectivity index (χ2v) is 7.09. The lowest BCUT2D eigenvalue weighted by atomic mass is 10.0. The highest BCUT2D eigenvalue weighted by atomic mass is 35.5. The van der Waals surface area contributed by atoms with E-state index in [1.807, 2.05) is 4.90 Å². The Morgan fingerprint density at radius 2 is 1.72 bits per heavy atom. The standard InChI is InChI=1S/C19H27ClN2O3/c1-14-12-21(13-15(2)22(14)10-11-25-3)19(24)9-8-18(23)16-4-6-17(20)7-5-16/h4-7,14-15H,8-13H2,1-3H3. The van der Waals surface area contributed by atoms with Crippen molar-refractivity contribution in [2.75, 3.05) is 33.4 Å². The molecule has 1 aromatic carbocycles. The van der Waals surface area contributed by atoms with Gasteiger partial charge in [-0.15, -0.1) is 0 Å². The van der Waals surface area contributed by atoms with Gasteiger partial charge in [-0.25, -0.2) is 0 Å². The summed E-state index contributed by atoms with van der Waals surface area (Å²) in [5.74, 6) is 0.0252. The molecule has 25 heavy (non-hydrogen) atoms. The molecule has 2 unspecified atom stereocenters. The highest BCUT2D eigenvalue weighted by molar-refractivity contribution is 6.30. The Hall–Kier alpha value is -1.43. The minimum Gasteiger partial charge on any atom is -0.383 e. The van der Waals surface area contributed by atoms with Gasteiger partial charge in [-0.3, -0.25) is 14.5 Å². The Labute approximate surface area is 154 Å². The normalized spacial score (nSPS) is 21.4. The van der Waals surface area contributed by atoms with Crippen LogP contribution in [-0.4, -0.2) is 66.9 Å². The summed E-state index contributed by atoms with van der Waals surface area (Å²) in [4.78, 5) is 29.0. The summed E-state index contributed by atoms with van der Waals surface area (Å²) < 4.78 is 5.16. The van der Waals surface area contributed by atoms with E-state index in [2.05, 4.69) is 18.7 Å². The lowest BCUT2D eigenvalue weighted by molar-refractivity contribution is -0.135. The predicted octanol–water partition coefficient (Wildman–Crippen LogP) is 2.87. The zero-order valence-electron chi connectivity index (χ0n) is 15.2. The smallest absolute Gasteiger partial charge is 0.223 e. The number of rotatable bonds is 7. The minimum absolute atomic E-state index is 0.0233. The van der Waals surface area contributed by atoms with Gasteiger partial charge in [0.1, 0.15) is 0 Å². The number of halogens is 1. The third-order valence-corrected chi connectivity index (χ3v) is 4.99. The molecular formula is C19H27ClN2O3. The first-order chi connectivity index (χ1) is 11.9. The molecule has 5 nitrogen and oxygen atoms in total. The van der Waals surface area contributed by atoms with Crippen molar-refractivity contribution in [3.63, 3.8) is 0 Å². The van der Waals surface area contributed by atoms with E-state index in [0.29, 0.717) is 30.3 Å². The van der Waals surface area contributed by atoms with Gasteiger partial charge in [-0.1, -0.05) is 11.6 Å². The molecule has 0 saturated carbocycles. The van der Waals surface area contributed by atoms with E-state index >= 15 is 0 Å². The van der Waals surface area contributed by atoms with Gasteiger partial charge in [-0.2, -0.15) is 0 Å². The molecule has 0 N–H and O–H groups in total. The van der Waals surface area contributed by atoms with Crippen molar-refractivity contribution in [3.05, 3.63) is 34.9 Å². The summed E-state index contributed by atoms with van der Waals surface area (Å²) in [5.41, 5.74) is 0.600. The van der Waals surface area contributed by atoms with Gasteiger partial charge < -0.3 is 9.64 Å². The van der Waals surface area contributed by atoms with E-state index < -0.39 is 0 Å². The van der Waals surface area contributed by atoms with Crippen LogP contribution in [0.2, 0.25) is 5.02 Å². The van der Waals surface area contributed by atoms with Crippen molar-refractivity contribution in [1.29, 1.82) is 0 Å².